The van der Waals surface area contributed by atoms with Gasteiger partial charge in [-0.2, -0.15) is 20.0 Å². The van der Waals surface area contributed by atoms with E-state index in [1.807, 2.05) is 30.3 Å². The molecule has 0 atom stereocenters. The first kappa shape index (κ1) is 15.0. The third-order valence-electron chi connectivity index (χ3n) is 4.54. The zero-order valence-corrected chi connectivity index (χ0v) is 13.6. The Kier molecular flexibility index (Phi) is 3.86. The minimum atomic E-state index is -0.386. The van der Waals surface area contributed by atoms with Crippen LogP contribution in [0.1, 0.15) is 43.1 Å². The number of ether oxygens (including phenoxy) is 1. The van der Waals surface area contributed by atoms with Crippen LogP contribution in [0.3, 0.4) is 0 Å². The number of methoxy groups -OCH3 is 1. The smallest absolute Gasteiger partial charge is 0.232 e. The summed E-state index contributed by atoms with van der Waals surface area (Å²) in [6.45, 7) is 0. The number of hydrogen-bond acceptors (Lipinski definition) is 6. The van der Waals surface area contributed by atoms with Crippen LogP contribution >= 0.6 is 0 Å². The minimum absolute atomic E-state index is 0.386. The molecule has 1 aliphatic carbocycles. The van der Waals surface area contributed by atoms with Crippen LogP contribution in [0.5, 0.6) is 0 Å². The van der Waals surface area contributed by atoms with E-state index in [1.54, 1.807) is 18.1 Å². The van der Waals surface area contributed by atoms with Crippen molar-refractivity contribution in [2.75, 3.05) is 7.11 Å². The molecule has 0 spiro atoms. The zero-order chi connectivity index (χ0) is 16.4. The van der Waals surface area contributed by atoms with Crippen molar-refractivity contribution in [3.63, 3.8) is 0 Å². The summed E-state index contributed by atoms with van der Waals surface area (Å²) in [4.78, 5) is 6.13. The monoisotopic (exact) mass is 325 g/mol. The fourth-order valence-electron chi connectivity index (χ4n) is 3.19. The van der Waals surface area contributed by atoms with E-state index < -0.39 is 0 Å². The number of para-hydroxylation sites is 1. The van der Waals surface area contributed by atoms with Crippen LogP contribution in [-0.2, 0) is 16.8 Å². The molecule has 2 aromatic heterocycles. The molecule has 1 saturated carbocycles. The molecule has 0 radical (unpaired) electrons. The molecule has 24 heavy (non-hydrogen) atoms. The van der Waals surface area contributed by atoms with Gasteiger partial charge in [0.05, 0.1) is 24.0 Å². The molecule has 0 amide bonds. The van der Waals surface area contributed by atoms with Crippen LogP contribution in [0, 0.1) is 0 Å². The topological polar surface area (TPSA) is 78.9 Å². The summed E-state index contributed by atoms with van der Waals surface area (Å²) in [5.74, 6) is 1.18. The van der Waals surface area contributed by atoms with Crippen LogP contribution in [0.25, 0.3) is 5.69 Å². The van der Waals surface area contributed by atoms with Crippen molar-refractivity contribution in [1.82, 2.24) is 25.1 Å². The summed E-state index contributed by atoms with van der Waals surface area (Å²) in [7, 11) is 1.72. The maximum atomic E-state index is 5.69. The van der Waals surface area contributed by atoms with Gasteiger partial charge in [-0.05, 0) is 37.8 Å². The molecule has 0 aliphatic heterocycles. The van der Waals surface area contributed by atoms with E-state index in [4.69, 9.17) is 9.26 Å². The number of hydrogen-bond donors (Lipinski definition) is 0. The van der Waals surface area contributed by atoms with Crippen molar-refractivity contribution in [2.45, 2.75) is 37.7 Å². The fourth-order valence-corrected chi connectivity index (χ4v) is 3.19. The first-order valence-electron chi connectivity index (χ1n) is 8.14. The summed E-state index contributed by atoms with van der Waals surface area (Å²) in [6.07, 6.45) is 6.31. The highest BCUT2D eigenvalue weighted by Crippen LogP contribution is 2.40. The third kappa shape index (κ3) is 2.71. The average Bonchev–Trinajstić information content (AvgIpc) is 3.37. The normalized spacial score (nSPS) is 16.5. The minimum Gasteiger partial charge on any atom is -0.370 e. The molecule has 0 bridgehead atoms. The highest BCUT2D eigenvalue weighted by molar-refractivity contribution is 5.28. The number of nitrogens with zero attached hydrogens (tertiary/aromatic N) is 5. The van der Waals surface area contributed by atoms with Crippen LogP contribution in [-0.4, -0.2) is 32.2 Å². The molecule has 7 heteroatoms. The molecule has 1 aromatic carbocycles. The van der Waals surface area contributed by atoms with Crippen LogP contribution < -0.4 is 0 Å². The summed E-state index contributed by atoms with van der Waals surface area (Å²) in [5.41, 5.74) is 1.31. The van der Waals surface area contributed by atoms with Gasteiger partial charge in [-0.3, -0.25) is 0 Å². The predicted octanol–water partition coefficient (Wildman–Crippen LogP) is 2.66. The lowest BCUT2D eigenvalue weighted by molar-refractivity contribution is -0.0178. The second-order valence-corrected chi connectivity index (χ2v) is 6.05. The van der Waals surface area contributed by atoms with Gasteiger partial charge in [0.2, 0.25) is 11.7 Å². The van der Waals surface area contributed by atoms with Gasteiger partial charge in [0.25, 0.3) is 0 Å². The molecule has 7 nitrogen and oxygen atoms in total. The van der Waals surface area contributed by atoms with Gasteiger partial charge in [0.15, 0.2) is 0 Å². The van der Waals surface area contributed by atoms with Crippen LogP contribution in [0.2, 0.25) is 0 Å². The van der Waals surface area contributed by atoms with Gasteiger partial charge in [-0.25, -0.2) is 0 Å². The lowest BCUT2D eigenvalue weighted by Gasteiger charge is -2.22. The Bertz CT molecular complexity index is 805. The quantitative estimate of drug-likeness (QED) is 0.717. The SMILES string of the molecule is COC1(c2noc(Cc3cnn(-c4ccccc4)n3)n2)CCCC1. The molecule has 3 aromatic rings. The van der Waals surface area contributed by atoms with Crippen molar-refractivity contribution in [3.8, 4) is 5.69 Å². The lowest BCUT2D eigenvalue weighted by atomic mass is 10.0. The van der Waals surface area contributed by atoms with E-state index >= 15 is 0 Å². The van der Waals surface area contributed by atoms with Gasteiger partial charge in [-0.1, -0.05) is 23.4 Å². The molecule has 124 valence electrons. The van der Waals surface area contributed by atoms with Crippen molar-refractivity contribution in [3.05, 3.63) is 53.9 Å². The van der Waals surface area contributed by atoms with Crippen molar-refractivity contribution in [1.29, 1.82) is 0 Å². The zero-order valence-electron chi connectivity index (χ0n) is 13.6. The number of benzene rings is 1. The highest BCUT2D eigenvalue weighted by atomic mass is 16.5. The number of rotatable bonds is 5. The Balaban J connectivity index is 1.52. The Hall–Kier alpha value is -2.54. The van der Waals surface area contributed by atoms with Gasteiger partial charge in [0.1, 0.15) is 5.60 Å². The molecule has 4 rings (SSSR count). The molecule has 1 fully saturated rings. The maximum Gasteiger partial charge on any atom is 0.232 e. The van der Waals surface area contributed by atoms with Crippen molar-refractivity contribution in [2.24, 2.45) is 0 Å². The van der Waals surface area contributed by atoms with E-state index in [0.717, 1.165) is 37.1 Å². The van der Waals surface area contributed by atoms with E-state index in [1.165, 1.54) is 0 Å². The van der Waals surface area contributed by atoms with E-state index in [-0.39, 0.29) is 5.60 Å². The number of aromatic nitrogens is 5. The van der Waals surface area contributed by atoms with Gasteiger partial charge in [0, 0.05) is 7.11 Å². The standard InChI is InChI=1S/C17H19N5O2/c1-23-17(9-5-6-10-17)16-19-15(24-21-16)11-13-12-18-22(20-13)14-7-3-2-4-8-14/h2-4,7-8,12H,5-6,9-11H2,1H3. The summed E-state index contributed by atoms with van der Waals surface area (Å²) < 4.78 is 11.1. The largest absolute Gasteiger partial charge is 0.370 e. The first-order valence-corrected chi connectivity index (χ1v) is 8.14. The Labute approximate surface area is 139 Å². The molecule has 2 heterocycles. The Morgan fingerprint density at radius 1 is 1.21 bits per heavy atom. The Morgan fingerprint density at radius 3 is 2.75 bits per heavy atom. The Morgan fingerprint density at radius 2 is 2.00 bits per heavy atom. The van der Waals surface area contributed by atoms with Gasteiger partial charge >= 0.3 is 0 Å². The van der Waals surface area contributed by atoms with Crippen LogP contribution in [0.15, 0.2) is 41.1 Å². The first-order chi connectivity index (χ1) is 11.8. The van der Waals surface area contributed by atoms with Gasteiger partial charge < -0.3 is 9.26 Å². The molecule has 0 N–H and O–H groups in total. The molecule has 1 aliphatic rings. The highest BCUT2D eigenvalue weighted by Gasteiger charge is 2.40. The summed E-state index contributed by atoms with van der Waals surface area (Å²) in [5, 5.41) is 12.9. The second-order valence-electron chi connectivity index (χ2n) is 6.05. The summed E-state index contributed by atoms with van der Waals surface area (Å²) >= 11 is 0. The van der Waals surface area contributed by atoms with E-state index in [9.17, 15) is 0 Å². The van der Waals surface area contributed by atoms with Gasteiger partial charge in [-0.15, -0.1) is 0 Å². The second kappa shape index (κ2) is 6.16. The van der Waals surface area contributed by atoms with E-state index in [2.05, 4.69) is 20.3 Å². The molecule has 0 unspecified atom stereocenters. The van der Waals surface area contributed by atoms with E-state index in [0.29, 0.717) is 18.1 Å². The van der Waals surface area contributed by atoms with Crippen molar-refractivity contribution < 1.29 is 9.26 Å². The summed E-state index contributed by atoms with van der Waals surface area (Å²) in [6, 6.07) is 9.78. The third-order valence-corrected chi connectivity index (χ3v) is 4.54. The lowest BCUT2D eigenvalue weighted by Crippen LogP contribution is -2.26. The van der Waals surface area contributed by atoms with Crippen molar-refractivity contribution >= 4 is 0 Å². The maximum absolute atomic E-state index is 5.69. The molecule has 0 saturated heterocycles. The average molecular weight is 325 g/mol. The molecular formula is C17H19N5O2. The molecular weight excluding hydrogens is 306 g/mol. The van der Waals surface area contributed by atoms with Crippen LogP contribution in [0.4, 0.5) is 0 Å². The predicted molar refractivity (Wildman–Crippen MR) is 85.6 cm³/mol. The fraction of sp³-hybridized carbons (Fsp3) is 0.412.